The van der Waals surface area contributed by atoms with E-state index in [1.54, 1.807) is 34.0 Å². The lowest BCUT2D eigenvalue weighted by molar-refractivity contribution is -0.188. The van der Waals surface area contributed by atoms with Gasteiger partial charge in [0, 0.05) is 55.1 Å². The maximum absolute atomic E-state index is 14.0. The van der Waals surface area contributed by atoms with Gasteiger partial charge in [0.25, 0.3) is 0 Å². The molecule has 4 fully saturated rings. The summed E-state index contributed by atoms with van der Waals surface area (Å²) in [4.78, 5) is 51.8. The second kappa shape index (κ2) is 11.5. The van der Waals surface area contributed by atoms with Crippen molar-refractivity contribution in [3.05, 3.63) is 12.7 Å². The average Bonchev–Trinajstić information content (AvgIpc) is 3.27. The number of methoxy groups -OCH3 is 1. The number of amides is 3. The first-order chi connectivity index (χ1) is 19.5. The highest BCUT2D eigenvalue weighted by atomic mass is 16.6. The number of ketones is 1. The van der Waals surface area contributed by atoms with E-state index in [9.17, 15) is 19.2 Å². The molecule has 4 rings (SSSR count). The summed E-state index contributed by atoms with van der Waals surface area (Å²) in [7, 11) is 1.72. The molecule has 0 aromatic rings. The van der Waals surface area contributed by atoms with E-state index in [4.69, 9.17) is 18.9 Å². The second-order valence-electron chi connectivity index (χ2n) is 14.6. The van der Waals surface area contributed by atoms with Gasteiger partial charge in [0.2, 0.25) is 0 Å². The molecule has 3 amide bonds. The zero-order valence-electron chi connectivity index (χ0n) is 26.5. The fourth-order valence-corrected chi connectivity index (χ4v) is 8.47. The molecule has 10 nitrogen and oxygen atoms in total. The lowest BCUT2D eigenvalue weighted by Gasteiger charge is -2.61. The van der Waals surface area contributed by atoms with Crippen LogP contribution in [0.15, 0.2) is 12.7 Å². The van der Waals surface area contributed by atoms with Crippen molar-refractivity contribution in [2.45, 2.75) is 123 Å². The Bertz CT molecular complexity index is 1100. The molecule has 4 saturated carbocycles. The molecule has 0 radical (unpaired) electrons. The van der Waals surface area contributed by atoms with Crippen LogP contribution >= 0.6 is 0 Å². The molecule has 236 valence electrons. The fraction of sp³-hybridized carbons (Fsp3) is 0.812. The van der Waals surface area contributed by atoms with E-state index in [2.05, 4.69) is 38.0 Å². The zero-order chi connectivity index (χ0) is 31.3. The number of alkyl carbamates (subject to hydrolysis) is 3. The Morgan fingerprint density at radius 2 is 1.62 bits per heavy atom. The van der Waals surface area contributed by atoms with Crippen molar-refractivity contribution in [1.29, 1.82) is 0 Å². The van der Waals surface area contributed by atoms with Crippen LogP contribution in [-0.4, -0.2) is 61.1 Å². The second-order valence-corrected chi connectivity index (χ2v) is 14.6. The molecule has 0 aromatic heterocycles. The van der Waals surface area contributed by atoms with Crippen LogP contribution in [0.25, 0.3) is 0 Å². The number of ether oxygens (including phenoxy) is 4. The van der Waals surface area contributed by atoms with Gasteiger partial charge in [-0.25, -0.2) is 19.7 Å². The standard InChI is InChI=1S/C32H50N2O8/c1-10-30(7)17-23(31(8)18(2)11-13-32(19(3)25(30)35)14-12-22(39-9)24(31)32)41-27(37)34-26(36)40-21-15-20(16-21)33-28(38)42-29(4,5)6/h10,18-24H,1,11-17H2,2-9H3,(H,33,38)(H,34,36,37)/t18-,19+,20-,21-,22-,23-,24-,30-,31+,32+/m1/s1. The summed E-state index contributed by atoms with van der Waals surface area (Å²) in [5.41, 5.74) is -2.25. The summed E-state index contributed by atoms with van der Waals surface area (Å²) in [5.74, 6) is 0.137. The number of allylic oxidation sites excluding steroid dienone is 1. The van der Waals surface area contributed by atoms with Gasteiger partial charge in [-0.1, -0.05) is 26.8 Å². The Morgan fingerprint density at radius 3 is 2.21 bits per heavy atom. The van der Waals surface area contributed by atoms with Crippen LogP contribution in [0.3, 0.4) is 0 Å². The maximum Gasteiger partial charge on any atom is 0.416 e. The van der Waals surface area contributed by atoms with Crippen molar-refractivity contribution in [2.24, 2.45) is 34.0 Å². The van der Waals surface area contributed by atoms with Crippen molar-refractivity contribution < 1.29 is 38.1 Å². The highest BCUT2D eigenvalue weighted by Gasteiger charge is 2.68. The summed E-state index contributed by atoms with van der Waals surface area (Å²) in [6.07, 6.45) is 2.86. The highest BCUT2D eigenvalue weighted by Crippen LogP contribution is 2.68. The number of imide groups is 1. The minimum Gasteiger partial charge on any atom is -0.446 e. The van der Waals surface area contributed by atoms with Crippen LogP contribution in [0.2, 0.25) is 0 Å². The van der Waals surface area contributed by atoms with Crippen molar-refractivity contribution in [1.82, 2.24) is 10.6 Å². The minimum absolute atomic E-state index is 0.0150. The summed E-state index contributed by atoms with van der Waals surface area (Å²) >= 11 is 0. The van der Waals surface area contributed by atoms with Crippen LogP contribution in [0.1, 0.15) is 93.4 Å². The summed E-state index contributed by atoms with van der Waals surface area (Å²) in [6, 6.07) is -0.177. The maximum atomic E-state index is 14.0. The molecule has 0 spiro atoms. The van der Waals surface area contributed by atoms with E-state index in [-0.39, 0.29) is 47.5 Å². The van der Waals surface area contributed by atoms with Crippen LogP contribution < -0.4 is 10.6 Å². The lowest BCUT2D eigenvalue weighted by Crippen LogP contribution is -2.63. The number of carbonyl (C=O) groups excluding carboxylic acids is 4. The van der Waals surface area contributed by atoms with Crippen molar-refractivity contribution in [3.8, 4) is 0 Å². The monoisotopic (exact) mass is 590 g/mol. The van der Waals surface area contributed by atoms with Gasteiger partial charge in [-0.15, -0.1) is 6.58 Å². The van der Waals surface area contributed by atoms with Gasteiger partial charge >= 0.3 is 18.3 Å². The van der Waals surface area contributed by atoms with Crippen LogP contribution in [0, 0.1) is 34.0 Å². The molecule has 8 atom stereocenters. The van der Waals surface area contributed by atoms with Gasteiger partial charge in [-0.3, -0.25) is 4.79 Å². The average molecular weight is 591 g/mol. The third kappa shape index (κ3) is 5.80. The van der Waals surface area contributed by atoms with Crippen molar-refractivity contribution in [2.75, 3.05) is 7.11 Å². The number of hydrogen-bond acceptors (Lipinski definition) is 8. The molecule has 42 heavy (non-hydrogen) atoms. The number of rotatable bonds is 5. The van der Waals surface area contributed by atoms with E-state index in [1.165, 1.54) is 0 Å². The Labute approximate surface area is 250 Å². The fourth-order valence-electron chi connectivity index (χ4n) is 8.47. The van der Waals surface area contributed by atoms with E-state index in [0.29, 0.717) is 12.8 Å². The van der Waals surface area contributed by atoms with E-state index >= 15 is 0 Å². The third-order valence-electron chi connectivity index (χ3n) is 11.1. The van der Waals surface area contributed by atoms with E-state index < -0.39 is 46.9 Å². The number of Topliss-reactive ketones (excluding diaryl/α,β-unsaturated/α-hetero) is 1. The molecule has 2 N–H and O–H groups in total. The Hall–Kier alpha value is -2.62. The van der Waals surface area contributed by atoms with Crippen LogP contribution in [0.5, 0.6) is 0 Å². The summed E-state index contributed by atoms with van der Waals surface area (Å²) in [5, 5.41) is 4.97. The van der Waals surface area contributed by atoms with Crippen LogP contribution in [-0.2, 0) is 23.7 Å². The summed E-state index contributed by atoms with van der Waals surface area (Å²) in [6.45, 7) is 17.6. The SMILES string of the molecule is C=C[C@]1(C)C[C@@H](OC(=O)NC(=O)O[C@H]2C[C@H](NC(=O)OC(C)(C)C)C2)[C@]2(C)[C@H](C)CC[C@]3(CC[C@@H](OC)[C@@H]32)[C@@H](C)C1=O. The van der Waals surface area contributed by atoms with E-state index in [1.807, 2.05) is 6.92 Å². The molecule has 2 bridgehead atoms. The first kappa shape index (κ1) is 32.3. The molecule has 0 heterocycles. The molecule has 4 aliphatic rings. The van der Waals surface area contributed by atoms with Crippen molar-refractivity contribution in [3.63, 3.8) is 0 Å². The highest BCUT2D eigenvalue weighted by molar-refractivity contribution is 5.90. The first-order valence-corrected chi connectivity index (χ1v) is 15.4. The predicted octanol–water partition coefficient (Wildman–Crippen LogP) is 5.92. The predicted molar refractivity (Wildman–Crippen MR) is 156 cm³/mol. The molecular formula is C32H50N2O8. The molecule has 0 aliphatic heterocycles. The van der Waals surface area contributed by atoms with Gasteiger partial charge in [-0.05, 0) is 64.7 Å². The van der Waals surface area contributed by atoms with Gasteiger partial charge in [0.05, 0.1) is 6.10 Å². The number of hydrogen-bond donors (Lipinski definition) is 2. The van der Waals surface area contributed by atoms with Gasteiger partial charge in [0.15, 0.2) is 0 Å². The van der Waals surface area contributed by atoms with Crippen molar-refractivity contribution >= 4 is 24.1 Å². The Kier molecular flexibility index (Phi) is 8.82. The molecule has 4 aliphatic carbocycles. The Balaban J connectivity index is 1.46. The summed E-state index contributed by atoms with van der Waals surface area (Å²) < 4.78 is 22.8. The van der Waals surface area contributed by atoms with E-state index in [0.717, 1.165) is 25.7 Å². The quantitative estimate of drug-likeness (QED) is 0.298. The molecule has 0 saturated heterocycles. The number of nitrogens with one attached hydrogen (secondary N) is 2. The first-order valence-electron chi connectivity index (χ1n) is 15.4. The minimum atomic E-state index is -0.908. The lowest BCUT2D eigenvalue weighted by atomic mass is 9.44. The smallest absolute Gasteiger partial charge is 0.416 e. The Morgan fingerprint density at radius 1 is 1.00 bits per heavy atom. The van der Waals surface area contributed by atoms with Crippen LogP contribution in [0.4, 0.5) is 14.4 Å². The molecule has 0 aromatic carbocycles. The van der Waals surface area contributed by atoms with Gasteiger partial charge in [-0.2, -0.15) is 0 Å². The topological polar surface area (TPSA) is 129 Å². The zero-order valence-corrected chi connectivity index (χ0v) is 26.5. The van der Waals surface area contributed by atoms with Gasteiger partial charge in [0.1, 0.15) is 23.6 Å². The third-order valence-corrected chi connectivity index (χ3v) is 11.1. The molecule has 10 heteroatoms. The number of carbonyl (C=O) groups is 4. The largest absolute Gasteiger partial charge is 0.446 e. The molecular weight excluding hydrogens is 540 g/mol. The normalized spacial score (nSPS) is 41.2. The molecule has 0 unspecified atom stereocenters. The van der Waals surface area contributed by atoms with Gasteiger partial charge < -0.3 is 24.3 Å².